The summed E-state index contributed by atoms with van der Waals surface area (Å²) in [7, 11) is 1.65. The maximum absolute atomic E-state index is 12.7. The molecule has 1 heterocycles. The van der Waals surface area contributed by atoms with Gasteiger partial charge in [-0.05, 0) is 43.5 Å². The summed E-state index contributed by atoms with van der Waals surface area (Å²) in [5.41, 5.74) is 2.22. The summed E-state index contributed by atoms with van der Waals surface area (Å²) in [4.78, 5) is 29.4. The molecule has 31 heavy (non-hydrogen) atoms. The van der Waals surface area contributed by atoms with Crippen LogP contribution in [0.2, 0.25) is 0 Å². The van der Waals surface area contributed by atoms with E-state index in [2.05, 4.69) is 10.2 Å². The summed E-state index contributed by atoms with van der Waals surface area (Å²) in [6.07, 6.45) is 1.22. The first-order valence-corrected chi connectivity index (χ1v) is 11.0. The Bertz CT molecular complexity index is 846. The number of amides is 2. The molecule has 1 aliphatic rings. The van der Waals surface area contributed by atoms with Crippen molar-refractivity contribution in [2.24, 2.45) is 0 Å². The zero-order valence-corrected chi connectivity index (χ0v) is 18.7. The van der Waals surface area contributed by atoms with E-state index in [0.29, 0.717) is 32.6 Å². The van der Waals surface area contributed by atoms with Gasteiger partial charge >= 0.3 is 0 Å². The highest BCUT2D eigenvalue weighted by Crippen LogP contribution is 2.15. The summed E-state index contributed by atoms with van der Waals surface area (Å²) in [5, 5.41) is 3.10. The number of nitrogens with zero attached hydrogens (tertiary/aromatic N) is 2. The monoisotopic (exact) mass is 423 g/mol. The first-order chi connectivity index (χ1) is 15.0. The zero-order chi connectivity index (χ0) is 22.2. The smallest absolute Gasteiger partial charge is 0.237 e. The highest BCUT2D eigenvalue weighted by molar-refractivity contribution is 5.82. The zero-order valence-electron chi connectivity index (χ0n) is 18.7. The first kappa shape index (κ1) is 22.8. The van der Waals surface area contributed by atoms with Crippen molar-refractivity contribution in [3.63, 3.8) is 0 Å². The molecule has 2 aromatic carbocycles. The molecule has 2 amide bonds. The molecule has 1 saturated heterocycles. The van der Waals surface area contributed by atoms with Crippen LogP contribution in [-0.4, -0.2) is 60.9 Å². The lowest BCUT2D eigenvalue weighted by atomic mass is 10.1. The Morgan fingerprint density at radius 2 is 1.61 bits per heavy atom. The number of carbonyl (C=O) groups is 2. The van der Waals surface area contributed by atoms with E-state index >= 15 is 0 Å². The Morgan fingerprint density at radius 1 is 0.968 bits per heavy atom. The molecule has 0 radical (unpaired) electrons. The molecule has 2 atom stereocenters. The third kappa shape index (κ3) is 6.31. The molecule has 0 bridgehead atoms. The number of ether oxygens (including phenoxy) is 1. The fraction of sp³-hybridized carbons (Fsp3) is 0.440. The molecule has 0 saturated carbocycles. The minimum Gasteiger partial charge on any atom is -0.497 e. The lowest BCUT2D eigenvalue weighted by molar-refractivity contribution is -0.134. The van der Waals surface area contributed by atoms with Crippen LogP contribution in [0.5, 0.6) is 5.75 Å². The normalized spacial score (nSPS) is 16.4. The van der Waals surface area contributed by atoms with Gasteiger partial charge in [-0.25, -0.2) is 0 Å². The van der Waals surface area contributed by atoms with Crippen LogP contribution in [0.1, 0.15) is 37.4 Å². The van der Waals surface area contributed by atoms with Gasteiger partial charge in [0.05, 0.1) is 19.2 Å². The number of aryl methyl sites for hydroxylation is 1. The lowest BCUT2D eigenvalue weighted by Crippen LogP contribution is -2.55. The number of benzene rings is 2. The second-order valence-electron chi connectivity index (χ2n) is 8.08. The van der Waals surface area contributed by atoms with Crippen LogP contribution >= 0.6 is 0 Å². The molecular formula is C25H33N3O3. The molecular weight excluding hydrogens is 390 g/mol. The van der Waals surface area contributed by atoms with Crippen molar-refractivity contribution in [2.75, 3.05) is 33.3 Å². The van der Waals surface area contributed by atoms with E-state index in [0.717, 1.165) is 23.3 Å². The number of hydrogen-bond donors (Lipinski definition) is 1. The molecule has 6 heteroatoms. The summed E-state index contributed by atoms with van der Waals surface area (Å²) in [6, 6.07) is 17.6. The van der Waals surface area contributed by atoms with Gasteiger partial charge in [0.15, 0.2) is 0 Å². The number of carbonyl (C=O) groups excluding carboxylic acids is 2. The molecule has 166 valence electrons. The summed E-state index contributed by atoms with van der Waals surface area (Å²) in [6.45, 7) is 6.68. The Kier molecular flexibility index (Phi) is 8.06. The van der Waals surface area contributed by atoms with Crippen LogP contribution in [0.4, 0.5) is 0 Å². The highest BCUT2D eigenvalue weighted by Gasteiger charge is 2.28. The third-order valence-corrected chi connectivity index (χ3v) is 6.04. The number of nitrogens with one attached hydrogen (secondary N) is 1. The van der Waals surface area contributed by atoms with E-state index in [9.17, 15) is 9.59 Å². The summed E-state index contributed by atoms with van der Waals surface area (Å²) in [5.74, 6) is 1.02. The average molecular weight is 424 g/mol. The van der Waals surface area contributed by atoms with E-state index in [4.69, 9.17) is 4.74 Å². The molecule has 2 aromatic rings. The molecule has 0 aromatic heterocycles. The molecule has 1 fully saturated rings. The standard InChI is InChI=1S/C25H33N3O3/c1-19(22-7-5-4-6-8-22)26-25(30)20(2)27-15-17-28(18-16-27)24(29)14-11-21-9-12-23(31-3)13-10-21/h4-10,12-13,19-20H,11,14-18H2,1-3H3,(H,26,30). The maximum atomic E-state index is 12.7. The van der Waals surface area contributed by atoms with Crippen molar-refractivity contribution in [1.82, 2.24) is 15.1 Å². The molecule has 0 spiro atoms. The van der Waals surface area contributed by atoms with Gasteiger partial charge in [-0.15, -0.1) is 0 Å². The molecule has 6 nitrogen and oxygen atoms in total. The van der Waals surface area contributed by atoms with Gasteiger partial charge in [0.25, 0.3) is 0 Å². The van der Waals surface area contributed by atoms with Gasteiger partial charge < -0.3 is 15.0 Å². The van der Waals surface area contributed by atoms with Crippen molar-refractivity contribution in [2.45, 2.75) is 38.8 Å². The number of methoxy groups -OCH3 is 1. The summed E-state index contributed by atoms with van der Waals surface area (Å²) < 4.78 is 5.17. The molecule has 0 aliphatic carbocycles. The average Bonchev–Trinajstić information content (AvgIpc) is 2.83. The van der Waals surface area contributed by atoms with E-state index in [1.165, 1.54) is 0 Å². The van der Waals surface area contributed by atoms with Gasteiger partial charge in [-0.3, -0.25) is 14.5 Å². The molecule has 1 N–H and O–H groups in total. The third-order valence-electron chi connectivity index (χ3n) is 6.04. The lowest BCUT2D eigenvalue weighted by Gasteiger charge is -2.37. The Balaban J connectivity index is 1.42. The number of piperazine rings is 1. The van der Waals surface area contributed by atoms with Gasteiger partial charge in [0.1, 0.15) is 5.75 Å². The minimum atomic E-state index is -0.220. The van der Waals surface area contributed by atoms with E-state index in [1.807, 2.05) is 73.3 Å². The molecule has 3 rings (SSSR count). The second-order valence-corrected chi connectivity index (χ2v) is 8.08. The highest BCUT2D eigenvalue weighted by atomic mass is 16.5. The summed E-state index contributed by atoms with van der Waals surface area (Å²) >= 11 is 0. The SMILES string of the molecule is COc1ccc(CCC(=O)N2CCN(C(C)C(=O)NC(C)c3ccccc3)CC2)cc1. The Labute approximate surface area is 185 Å². The second kappa shape index (κ2) is 11.0. The van der Waals surface area contributed by atoms with Crippen molar-refractivity contribution in [1.29, 1.82) is 0 Å². The van der Waals surface area contributed by atoms with Crippen LogP contribution < -0.4 is 10.1 Å². The quantitative estimate of drug-likeness (QED) is 0.709. The maximum Gasteiger partial charge on any atom is 0.237 e. The first-order valence-electron chi connectivity index (χ1n) is 11.0. The van der Waals surface area contributed by atoms with Gasteiger partial charge in [-0.1, -0.05) is 42.5 Å². The van der Waals surface area contributed by atoms with Crippen LogP contribution in [0, 0.1) is 0 Å². The van der Waals surface area contributed by atoms with Gasteiger partial charge in [0.2, 0.25) is 11.8 Å². The van der Waals surface area contributed by atoms with Crippen LogP contribution in [0.15, 0.2) is 54.6 Å². The van der Waals surface area contributed by atoms with Gasteiger partial charge in [0, 0.05) is 32.6 Å². The Hall–Kier alpha value is -2.86. The minimum absolute atomic E-state index is 0.0237. The predicted molar refractivity (Wildman–Crippen MR) is 122 cm³/mol. The number of rotatable bonds is 8. The molecule has 1 aliphatic heterocycles. The van der Waals surface area contributed by atoms with Crippen LogP contribution in [-0.2, 0) is 16.0 Å². The molecule has 2 unspecified atom stereocenters. The van der Waals surface area contributed by atoms with E-state index in [1.54, 1.807) is 7.11 Å². The number of hydrogen-bond acceptors (Lipinski definition) is 4. The van der Waals surface area contributed by atoms with E-state index < -0.39 is 0 Å². The van der Waals surface area contributed by atoms with Crippen molar-refractivity contribution >= 4 is 11.8 Å². The Morgan fingerprint density at radius 3 is 2.23 bits per heavy atom. The van der Waals surface area contributed by atoms with Crippen molar-refractivity contribution < 1.29 is 14.3 Å². The van der Waals surface area contributed by atoms with Crippen LogP contribution in [0.25, 0.3) is 0 Å². The fourth-order valence-electron chi connectivity index (χ4n) is 3.89. The van der Waals surface area contributed by atoms with Crippen molar-refractivity contribution in [3.8, 4) is 5.75 Å². The largest absolute Gasteiger partial charge is 0.497 e. The van der Waals surface area contributed by atoms with Gasteiger partial charge in [-0.2, -0.15) is 0 Å². The topological polar surface area (TPSA) is 61.9 Å². The van der Waals surface area contributed by atoms with Crippen molar-refractivity contribution in [3.05, 3.63) is 65.7 Å². The van der Waals surface area contributed by atoms with Crippen LogP contribution in [0.3, 0.4) is 0 Å². The predicted octanol–water partition coefficient (Wildman–Crippen LogP) is 3.04. The van der Waals surface area contributed by atoms with E-state index in [-0.39, 0.29) is 23.9 Å². The fourth-order valence-corrected chi connectivity index (χ4v) is 3.89.